The zero-order chi connectivity index (χ0) is 24.9. The maximum atomic E-state index is 12.8. The number of nitrogens with one attached hydrogen (secondary N) is 2. The van der Waals surface area contributed by atoms with Gasteiger partial charge in [-0.05, 0) is 61.5 Å². The van der Waals surface area contributed by atoms with Gasteiger partial charge < -0.3 is 25.2 Å². The van der Waals surface area contributed by atoms with Crippen molar-refractivity contribution in [2.24, 2.45) is 23.2 Å². The van der Waals surface area contributed by atoms with Crippen molar-refractivity contribution in [3.8, 4) is 11.5 Å². The Morgan fingerprint density at radius 3 is 2.71 bits per heavy atom. The fourth-order valence-corrected chi connectivity index (χ4v) is 7.66. The van der Waals surface area contributed by atoms with Gasteiger partial charge in [-0.25, -0.2) is 4.98 Å². The lowest BCUT2D eigenvalue weighted by atomic mass is 9.53. The molecule has 1 aromatic carbocycles. The summed E-state index contributed by atoms with van der Waals surface area (Å²) in [5.74, 6) is 1.55. The smallest absolute Gasteiger partial charge is 0.223 e. The van der Waals surface area contributed by atoms with Crippen LogP contribution in [0.15, 0.2) is 18.2 Å². The van der Waals surface area contributed by atoms with Gasteiger partial charge in [0.05, 0.1) is 31.7 Å². The van der Waals surface area contributed by atoms with Gasteiger partial charge in [-0.2, -0.15) is 0 Å². The van der Waals surface area contributed by atoms with E-state index in [9.17, 15) is 9.90 Å². The second-order valence-corrected chi connectivity index (χ2v) is 12.0. The number of carbonyl (C=O) groups excluding carboxylic acids is 1. The third-order valence-electron chi connectivity index (χ3n) is 8.55. The summed E-state index contributed by atoms with van der Waals surface area (Å²) < 4.78 is 10.9. The highest BCUT2D eigenvalue weighted by molar-refractivity contribution is 7.15. The molecule has 3 N–H and O–H groups in total. The summed E-state index contributed by atoms with van der Waals surface area (Å²) in [6.45, 7) is 6.49. The first-order valence-corrected chi connectivity index (χ1v) is 13.5. The van der Waals surface area contributed by atoms with E-state index in [2.05, 4.69) is 24.5 Å². The molecule has 2 fully saturated rings. The normalized spacial score (nSPS) is 30.6. The molecule has 1 aromatic heterocycles. The van der Waals surface area contributed by atoms with Crippen LogP contribution in [0, 0.1) is 23.2 Å². The van der Waals surface area contributed by atoms with E-state index < -0.39 is 6.10 Å². The van der Waals surface area contributed by atoms with Crippen molar-refractivity contribution in [3.05, 3.63) is 28.8 Å². The summed E-state index contributed by atoms with van der Waals surface area (Å²) in [6.07, 6.45) is 4.42. The average molecular weight is 500 g/mol. The Morgan fingerprint density at radius 1 is 1.26 bits per heavy atom. The van der Waals surface area contributed by atoms with Crippen molar-refractivity contribution in [2.45, 2.75) is 70.9 Å². The molecular formula is C27H37N3O4S. The van der Waals surface area contributed by atoms with Gasteiger partial charge in [-0.15, -0.1) is 11.3 Å². The Morgan fingerprint density at radius 2 is 2.03 bits per heavy atom. The van der Waals surface area contributed by atoms with Crippen LogP contribution in [0.2, 0.25) is 0 Å². The second kappa shape index (κ2) is 9.28. The summed E-state index contributed by atoms with van der Waals surface area (Å²) in [6, 6.07) is 6.00. The maximum absolute atomic E-state index is 12.8. The first-order valence-electron chi connectivity index (χ1n) is 12.7. The lowest BCUT2D eigenvalue weighted by Gasteiger charge is -2.53. The molecule has 0 bridgehead atoms. The van der Waals surface area contributed by atoms with Crippen LogP contribution in [0.1, 0.15) is 62.9 Å². The SMILES string of the molecule is COc1ccc(OC)c(Nc2nc3c(s2)C[C@]2(C)CCC([C@H](C)C(=O)NC4CC4)[C@H](O)[C@H]2[C@@H]3C)c1. The van der Waals surface area contributed by atoms with Gasteiger partial charge in [0.15, 0.2) is 5.13 Å². The minimum atomic E-state index is -0.520. The molecule has 35 heavy (non-hydrogen) atoms. The second-order valence-electron chi connectivity index (χ2n) is 10.9. The van der Waals surface area contributed by atoms with Gasteiger partial charge >= 0.3 is 0 Å². The molecule has 2 saturated carbocycles. The molecule has 3 aliphatic rings. The number of rotatable bonds is 7. The molecular weight excluding hydrogens is 462 g/mol. The monoisotopic (exact) mass is 499 g/mol. The number of methoxy groups -OCH3 is 2. The van der Waals surface area contributed by atoms with Gasteiger partial charge in [-0.3, -0.25) is 4.79 Å². The Hall–Kier alpha value is -2.32. The number of carbonyl (C=O) groups is 1. The first kappa shape index (κ1) is 24.4. The number of aromatic nitrogens is 1. The predicted octanol–water partition coefficient (Wildman–Crippen LogP) is 4.87. The molecule has 1 unspecified atom stereocenters. The van der Waals surface area contributed by atoms with Crippen LogP contribution in [-0.2, 0) is 11.2 Å². The van der Waals surface area contributed by atoms with Crippen molar-refractivity contribution in [2.75, 3.05) is 19.5 Å². The number of aliphatic hydroxyl groups excluding tert-OH is 1. The molecule has 5 rings (SSSR count). The summed E-state index contributed by atoms with van der Waals surface area (Å²) >= 11 is 1.68. The zero-order valence-corrected chi connectivity index (χ0v) is 22.1. The molecule has 3 aliphatic carbocycles. The quantitative estimate of drug-likeness (QED) is 0.503. The maximum Gasteiger partial charge on any atom is 0.223 e. The highest BCUT2D eigenvalue weighted by Crippen LogP contribution is 2.57. The van der Waals surface area contributed by atoms with Gasteiger partial charge in [0.2, 0.25) is 5.91 Å². The molecule has 190 valence electrons. The molecule has 7 nitrogen and oxygen atoms in total. The average Bonchev–Trinajstić information content (AvgIpc) is 3.56. The number of hydrogen-bond acceptors (Lipinski definition) is 7. The Kier molecular flexibility index (Phi) is 6.46. The van der Waals surface area contributed by atoms with Crippen LogP contribution in [0.3, 0.4) is 0 Å². The fraction of sp³-hybridized carbons (Fsp3) is 0.630. The molecule has 0 spiro atoms. The molecule has 0 saturated heterocycles. The number of anilines is 2. The highest BCUT2D eigenvalue weighted by atomic mass is 32.1. The Balaban J connectivity index is 1.38. The van der Waals surface area contributed by atoms with Crippen molar-refractivity contribution < 1.29 is 19.4 Å². The largest absolute Gasteiger partial charge is 0.497 e. The fourth-order valence-electron chi connectivity index (χ4n) is 6.38. The van der Waals surface area contributed by atoms with Crippen LogP contribution in [-0.4, -0.2) is 42.4 Å². The third-order valence-corrected chi connectivity index (χ3v) is 9.54. The Bertz CT molecular complexity index is 1100. The standard InChI is InChI=1S/C27H37N3O4S/c1-14(25(32)28-16-6-7-16)18-10-11-27(3)13-21-23(15(2)22(27)24(18)31)30-26(35-21)29-19-12-17(33-4)8-9-20(19)34-5/h8-9,12,14-16,18,22,24,31H,6-7,10-11,13H2,1-5H3,(H,28,32)(H,29,30)/t14-,15-,18?,22+,24-,27-/m0/s1. The van der Waals surface area contributed by atoms with Gasteiger partial charge in [0, 0.05) is 28.8 Å². The van der Waals surface area contributed by atoms with Crippen LogP contribution >= 0.6 is 11.3 Å². The molecule has 1 amide bonds. The molecule has 1 heterocycles. The lowest BCUT2D eigenvalue weighted by molar-refractivity contribution is -0.134. The minimum absolute atomic E-state index is 0.00746. The number of aliphatic hydroxyl groups is 1. The van der Waals surface area contributed by atoms with E-state index in [-0.39, 0.29) is 35.0 Å². The van der Waals surface area contributed by atoms with Crippen LogP contribution < -0.4 is 20.1 Å². The van der Waals surface area contributed by atoms with Gasteiger partial charge in [0.25, 0.3) is 0 Å². The number of hydrogen-bond donors (Lipinski definition) is 3. The molecule has 6 atom stereocenters. The van der Waals surface area contributed by atoms with E-state index in [0.717, 1.165) is 60.1 Å². The van der Waals surface area contributed by atoms with Crippen molar-refractivity contribution in [3.63, 3.8) is 0 Å². The van der Waals surface area contributed by atoms with E-state index in [1.54, 1.807) is 25.6 Å². The highest BCUT2D eigenvalue weighted by Gasteiger charge is 2.54. The molecule has 0 aliphatic heterocycles. The first-order chi connectivity index (χ1) is 16.7. The minimum Gasteiger partial charge on any atom is -0.497 e. The topological polar surface area (TPSA) is 92.7 Å². The number of benzene rings is 1. The summed E-state index contributed by atoms with van der Waals surface area (Å²) in [5, 5.41) is 19.0. The van der Waals surface area contributed by atoms with Crippen molar-refractivity contribution >= 4 is 28.1 Å². The lowest BCUT2D eigenvalue weighted by Crippen LogP contribution is -2.53. The summed E-state index contributed by atoms with van der Waals surface area (Å²) in [7, 11) is 3.30. The van der Waals surface area contributed by atoms with E-state index >= 15 is 0 Å². The third kappa shape index (κ3) is 4.51. The van der Waals surface area contributed by atoms with Crippen molar-refractivity contribution in [1.82, 2.24) is 10.3 Å². The summed E-state index contributed by atoms with van der Waals surface area (Å²) in [5.41, 5.74) is 1.87. The van der Waals surface area contributed by atoms with Crippen molar-refractivity contribution in [1.29, 1.82) is 0 Å². The van der Waals surface area contributed by atoms with E-state index in [1.165, 1.54) is 4.88 Å². The predicted molar refractivity (Wildman–Crippen MR) is 138 cm³/mol. The van der Waals surface area contributed by atoms with Gasteiger partial charge in [0.1, 0.15) is 11.5 Å². The number of ether oxygens (including phenoxy) is 2. The number of nitrogens with zero attached hydrogens (tertiary/aromatic N) is 1. The Labute approximate surface area is 211 Å². The van der Waals surface area contributed by atoms with Crippen LogP contribution in [0.4, 0.5) is 10.8 Å². The van der Waals surface area contributed by atoms with Gasteiger partial charge in [-0.1, -0.05) is 20.8 Å². The summed E-state index contributed by atoms with van der Waals surface area (Å²) in [4.78, 5) is 19.0. The molecule has 8 heteroatoms. The van der Waals surface area contributed by atoms with Crippen LogP contribution in [0.5, 0.6) is 11.5 Å². The van der Waals surface area contributed by atoms with E-state index in [0.29, 0.717) is 6.04 Å². The number of fused-ring (bicyclic) bond motifs is 2. The zero-order valence-electron chi connectivity index (χ0n) is 21.3. The van der Waals surface area contributed by atoms with E-state index in [4.69, 9.17) is 14.5 Å². The van der Waals surface area contributed by atoms with E-state index in [1.807, 2.05) is 25.1 Å². The van der Waals surface area contributed by atoms with Crippen LogP contribution in [0.25, 0.3) is 0 Å². The molecule has 0 radical (unpaired) electrons. The number of thiazole rings is 1. The number of amides is 1. The molecule has 2 aromatic rings.